The van der Waals surface area contributed by atoms with Crippen LogP contribution in [0.1, 0.15) is 12.6 Å². The van der Waals surface area contributed by atoms with E-state index in [2.05, 4.69) is 38.0 Å². The maximum atomic E-state index is 5.77. The fraction of sp³-hybridized carbons (Fsp3) is 0.636. The van der Waals surface area contributed by atoms with E-state index in [1.54, 1.807) is 0 Å². The first-order valence-electron chi connectivity index (χ1n) is 5.45. The van der Waals surface area contributed by atoms with Gasteiger partial charge in [0.25, 0.3) is 0 Å². The number of aromatic nitrogens is 2. The monoisotopic (exact) mass is 285 g/mol. The molecule has 1 aromatic heterocycles. The van der Waals surface area contributed by atoms with Crippen molar-refractivity contribution < 1.29 is 4.74 Å². The molecule has 1 saturated heterocycles. The molecule has 0 aliphatic carbocycles. The summed E-state index contributed by atoms with van der Waals surface area (Å²) in [6, 6.07) is 4.01. The molecule has 2 unspecified atom stereocenters. The topological polar surface area (TPSA) is 38.2 Å². The first-order valence-corrected chi connectivity index (χ1v) is 6.58. The van der Waals surface area contributed by atoms with Gasteiger partial charge in [-0.25, -0.2) is 0 Å². The minimum atomic E-state index is 0.229. The number of morpholine rings is 1. The lowest BCUT2D eigenvalue weighted by molar-refractivity contribution is -0.00227. The zero-order valence-corrected chi connectivity index (χ0v) is 11.1. The van der Waals surface area contributed by atoms with E-state index in [0.717, 1.165) is 29.9 Å². The van der Waals surface area contributed by atoms with Gasteiger partial charge in [0, 0.05) is 18.4 Å². The van der Waals surface area contributed by atoms with E-state index in [0.29, 0.717) is 0 Å². The molecule has 2 heterocycles. The number of rotatable bonds is 2. The van der Waals surface area contributed by atoms with Crippen LogP contribution in [0.25, 0.3) is 0 Å². The van der Waals surface area contributed by atoms with Crippen molar-refractivity contribution in [2.45, 2.75) is 26.1 Å². The number of aryl methyl sites for hydroxylation is 1. The molecule has 0 bridgehead atoms. The molecule has 88 valence electrons. The van der Waals surface area contributed by atoms with E-state index in [9.17, 15) is 0 Å². The van der Waals surface area contributed by atoms with Gasteiger partial charge in [0.15, 0.2) is 5.82 Å². The van der Waals surface area contributed by atoms with Crippen LogP contribution in [0, 0.1) is 6.92 Å². The number of hydrogen-bond acceptors (Lipinski definition) is 4. The highest BCUT2D eigenvalue weighted by molar-refractivity contribution is 9.09. The van der Waals surface area contributed by atoms with Gasteiger partial charge < -0.3 is 9.64 Å². The minimum Gasteiger partial charge on any atom is -0.371 e. The van der Waals surface area contributed by atoms with Crippen molar-refractivity contribution >= 4 is 21.7 Å². The molecule has 0 amide bonds. The van der Waals surface area contributed by atoms with E-state index in [4.69, 9.17) is 4.74 Å². The van der Waals surface area contributed by atoms with E-state index in [-0.39, 0.29) is 12.2 Å². The maximum Gasteiger partial charge on any atom is 0.151 e. The van der Waals surface area contributed by atoms with Crippen LogP contribution in [-0.4, -0.2) is 40.8 Å². The summed E-state index contributed by atoms with van der Waals surface area (Å²) in [5.41, 5.74) is 0.946. The molecule has 1 aliphatic heterocycles. The lowest BCUT2D eigenvalue weighted by atomic mass is 10.2. The molecule has 4 nitrogen and oxygen atoms in total. The standard InChI is InChI=1S/C11H16BrN3O/c1-8-3-4-11(14-13-8)15-6-9(2)16-10(5-12)7-15/h3-4,9-10H,5-7H2,1-2H3. The molecule has 2 rings (SSSR count). The summed E-state index contributed by atoms with van der Waals surface area (Å²) in [5.74, 6) is 0.937. The highest BCUT2D eigenvalue weighted by atomic mass is 79.9. The van der Waals surface area contributed by atoms with Gasteiger partial charge in [-0.3, -0.25) is 0 Å². The number of alkyl halides is 1. The fourth-order valence-electron chi connectivity index (χ4n) is 1.88. The maximum absolute atomic E-state index is 5.77. The van der Waals surface area contributed by atoms with Crippen molar-refractivity contribution in [3.63, 3.8) is 0 Å². The number of hydrogen-bond donors (Lipinski definition) is 0. The highest BCUT2D eigenvalue weighted by Crippen LogP contribution is 2.18. The molecule has 1 fully saturated rings. The van der Waals surface area contributed by atoms with Crippen molar-refractivity contribution in [1.29, 1.82) is 0 Å². The van der Waals surface area contributed by atoms with Crippen molar-refractivity contribution in [3.8, 4) is 0 Å². The van der Waals surface area contributed by atoms with Crippen LogP contribution >= 0.6 is 15.9 Å². The summed E-state index contributed by atoms with van der Waals surface area (Å²) < 4.78 is 5.77. The van der Waals surface area contributed by atoms with E-state index in [1.165, 1.54) is 0 Å². The van der Waals surface area contributed by atoms with E-state index in [1.807, 2.05) is 19.1 Å². The third kappa shape index (κ3) is 2.71. The van der Waals surface area contributed by atoms with Crippen LogP contribution in [0.5, 0.6) is 0 Å². The summed E-state index contributed by atoms with van der Waals surface area (Å²) >= 11 is 3.46. The summed E-state index contributed by atoms with van der Waals surface area (Å²) in [5, 5.41) is 9.15. The zero-order valence-electron chi connectivity index (χ0n) is 9.56. The van der Waals surface area contributed by atoms with Crippen molar-refractivity contribution in [1.82, 2.24) is 10.2 Å². The van der Waals surface area contributed by atoms with Gasteiger partial charge in [-0.1, -0.05) is 15.9 Å². The van der Waals surface area contributed by atoms with Gasteiger partial charge in [0.1, 0.15) is 0 Å². The molecular weight excluding hydrogens is 270 g/mol. The van der Waals surface area contributed by atoms with E-state index < -0.39 is 0 Å². The Morgan fingerprint density at radius 2 is 2.25 bits per heavy atom. The molecule has 1 aromatic rings. The first kappa shape index (κ1) is 11.8. The average molecular weight is 286 g/mol. The SMILES string of the molecule is Cc1ccc(N2CC(C)OC(CBr)C2)nn1. The second kappa shape index (κ2) is 5.10. The Balaban J connectivity index is 2.11. The molecule has 16 heavy (non-hydrogen) atoms. The average Bonchev–Trinajstić information content (AvgIpc) is 2.29. The van der Waals surface area contributed by atoms with Crippen LogP contribution in [0.15, 0.2) is 12.1 Å². The Morgan fingerprint density at radius 1 is 1.44 bits per heavy atom. The molecule has 0 N–H and O–H groups in total. The van der Waals surface area contributed by atoms with Crippen LogP contribution in [0.3, 0.4) is 0 Å². The summed E-state index contributed by atoms with van der Waals surface area (Å²) in [4.78, 5) is 2.23. The van der Waals surface area contributed by atoms with Crippen molar-refractivity contribution in [2.24, 2.45) is 0 Å². The third-order valence-electron chi connectivity index (χ3n) is 2.61. The lowest BCUT2D eigenvalue weighted by Gasteiger charge is -2.36. The van der Waals surface area contributed by atoms with Gasteiger partial charge in [-0.05, 0) is 26.0 Å². The van der Waals surface area contributed by atoms with Gasteiger partial charge in [-0.2, -0.15) is 5.10 Å². The Morgan fingerprint density at radius 3 is 2.88 bits per heavy atom. The molecule has 0 saturated carbocycles. The number of nitrogens with zero attached hydrogens (tertiary/aromatic N) is 3. The Hall–Kier alpha value is -0.680. The Bertz CT molecular complexity index is 344. The Labute approximate surface area is 104 Å². The minimum absolute atomic E-state index is 0.229. The van der Waals surface area contributed by atoms with Crippen LogP contribution < -0.4 is 4.90 Å². The summed E-state index contributed by atoms with van der Waals surface area (Å²) in [7, 11) is 0. The number of ether oxygens (including phenoxy) is 1. The fourth-order valence-corrected chi connectivity index (χ4v) is 2.24. The largest absolute Gasteiger partial charge is 0.371 e. The van der Waals surface area contributed by atoms with Gasteiger partial charge >= 0.3 is 0 Å². The summed E-state index contributed by atoms with van der Waals surface area (Å²) in [6.07, 6.45) is 0.464. The third-order valence-corrected chi connectivity index (χ3v) is 3.33. The van der Waals surface area contributed by atoms with Crippen LogP contribution in [0.4, 0.5) is 5.82 Å². The summed E-state index contributed by atoms with van der Waals surface area (Å²) in [6.45, 7) is 5.78. The van der Waals surface area contributed by atoms with Crippen molar-refractivity contribution in [3.05, 3.63) is 17.8 Å². The van der Waals surface area contributed by atoms with Gasteiger partial charge in [0.2, 0.25) is 0 Å². The predicted octanol–water partition coefficient (Wildman–Crippen LogP) is 1.77. The number of halogens is 1. The highest BCUT2D eigenvalue weighted by Gasteiger charge is 2.25. The zero-order chi connectivity index (χ0) is 11.5. The molecule has 0 aromatic carbocycles. The second-order valence-corrected chi connectivity index (χ2v) is 4.81. The van der Waals surface area contributed by atoms with Crippen LogP contribution in [0.2, 0.25) is 0 Å². The molecular formula is C11H16BrN3O. The normalized spacial score (nSPS) is 25.8. The second-order valence-electron chi connectivity index (χ2n) is 4.16. The van der Waals surface area contributed by atoms with Crippen molar-refractivity contribution in [2.75, 3.05) is 23.3 Å². The van der Waals surface area contributed by atoms with Gasteiger partial charge in [0.05, 0.1) is 17.9 Å². The molecule has 0 radical (unpaired) electrons. The number of anilines is 1. The molecule has 2 atom stereocenters. The van der Waals surface area contributed by atoms with E-state index >= 15 is 0 Å². The molecule has 0 spiro atoms. The quantitative estimate of drug-likeness (QED) is 0.777. The van der Waals surface area contributed by atoms with Gasteiger partial charge in [-0.15, -0.1) is 5.10 Å². The van der Waals surface area contributed by atoms with Crippen LogP contribution in [-0.2, 0) is 4.74 Å². The molecule has 5 heteroatoms. The first-order chi connectivity index (χ1) is 7.69. The Kier molecular flexibility index (Phi) is 3.76. The lowest BCUT2D eigenvalue weighted by Crippen LogP contribution is -2.47. The predicted molar refractivity (Wildman–Crippen MR) is 67.1 cm³/mol. The smallest absolute Gasteiger partial charge is 0.151 e. The molecule has 1 aliphatic rings.